The highest BCUT2D eigenvalue weighted by atomic mass is 16.5. The number of nitrogens with zero attached hydrogens (tertiary/aromatic N) is 2. The second kappa shape index (κ2) is 5.00. The molecule has 0 unspecified atom stereocenters. The SMILES string of the molecule is CCN(CC)C(=O)c1noc2c1COc1ccccc1-2. The number of fused-ring (bicyclic) bond motifs is 3. The lowest BCUT2D eigenvalue weighted by Crippen LogP contribution is -2.31. The maximum absolute atomic E-state index is 12.4. The number of carbonyl (C=O) groups excluding carboxylic acids is 1. The lowest BCUT2D eigenvalue weighted by molar-refractivity contribution is 0.0760. The lowest BCUT2D eigenvalue weighted by Gasteiger charge is -2.19. The fourth-order valence-electron chi connectivity index (χ4n) is 2.41. The fraction of sp³-hybridized carbons (Fsp3) is 0.333. The van der Waals surface area contributed by atoms with Gasteiger partial charge in [0.05, 0.1) is 11.1 Å². The summed E-state index contributed by atoms with van der Waals surface area (Å²) in [6.45, 7) is 5.50. The molecule has 2 aromatic rings. The van der Waals surface area contributed by atoms with Gasteiger partial charge in [0.25, 0.3) is 5.91 Å². The summed E-state index contributed by atoms with van der Waals surface area (Å²) in [6, 6.07) is 7.60. The highest BCUT2D eigenvalue weighted by molar-refractivity contribution is 5.95. The number of benzene rings is 1. The minimum absolute atomic E-state index is 0.108. The largest absolute Gasteiger partial charge is 0.488 e. The Bertz CT molecular complexity index is 644. The summed E-state index contributed by atoms with van der Waals surface area (Å²) in [6.07, 6.45) is 0. The van der Waals surface area contributed by atoms with Crippen LogP contribution in [0.4, 0.5) is 0 Å². The zero-order chi connectivity index (χ0) is 14.1. The Morgan fingerprint density at radius 1 is 1.30 bits per heavy atom. The first kappa shape index (κ1) is 12.7. The third-order valence-corrected chi connectivity index (χ3v) is 3.55. The predicted molar refractivity (Wildman–Crippen MR) is 73.5 cm³/mol. The van der Waals surface area contributed by atoms with Crippen LogP contribution in [0.2, 0.25) is 0 Å². The van der Waals surface area contributed by atoms with E-state index in [1.807, 2.05) is 38.1 Å². The van der Waals surface area contributed by atoms with Crippen molar-refractivity contribution in [3.05, 3.63) is 35.5 Å². The number of ether oxygens (including phenoxy) is 1. The van der Waals surface area contributed by atoms with E-state index in [9.17, 15) is 4.79 Å². The summed E-state index contributed by atoms with van der Waals surface area (Å²) in [5.74, 6) is 1.29. The monoisotopic (exact) mass is 272 g/mol. The van der Waals surface area contributed by atoms with Gasteiger partial charge in [-0.05, 0) is 26.0 Å². The van der Waals surface area contributed by atoms with Gasteiger partial charge in [-0.3, -0.25) is 4.79 Å². The van der Waals surface area contributed by atoms with Gasteiger partial charge in [-0.1, -0.05) is 17.3 Å². The maximum Gasteiger partial charge on any atom is 0.276 e. The van der Waals surface area contributed by atoms with Crippen molar-refractivity contribution in [2.45, 2.75) is 20.5 Å². The quantitative estimate of drug-likeness (QED) is 0.862. The van der Waals surface area contributed by atoms with Crippen molar-refractivity contribution >= 4 is 5.91 Å². The molecule has 1 aliphatic rings. The van der Waals surface area contributed by atoms with E-state index in [-0.39, 0.29) is 5.91 Å². The van der Waals surface area contributed by atoms with Crippen LogP contribution in [0, 0.1) is 0 Å². The molecule has 104 valence electrons. The highest BCUT2D eigenvalue weighted by Crippen LogP contribution is 2.38. The van der Waals surface area contributed by atoms with E-state index in [1.165, 1.54) is 0 Å². The van der Waals surface area contributed by atoms with E-state index < -0.39 is 0 Å². The number of para-hydroxylation sites is 1. The Morgan fingerprint density at radius 2 is 2.05 bits per heavy atom. The van der Waals surface area contributed by atoms with Gasteiger partial charge in [0.2, 0.25) is 0 Å². The molecule has 1 aromatic heterocycles. The number of hydrogen-bond donors (Lipinski definition) is 0. The normalized spacial score (nSPS) is 12.3. The van der Waals surface area contributed by atoms with E-state index in [2.05, 4.69) is 5.16 Å². The zero-order valence-corrected chi connectivity index (χ0v) is 11.5. The van der Waals surface area contributed by atoms with Gasteiger partial charge >= 0.3 is 0 Å². The second-order valence-electron chi connectivity index (χ2n) is 4.60. The zero-order valence-electron chi connectivity index (χ0n) is 11.5. The third-order valence-electron chi connectivity index (χ3n) is 3.55. The molecule has 0 atom stereocenters. The van der Waals surface area contributed by atoms with Crippen LogP contribution in [0.15, 0.2) is 28.8 Å². The molecule has 0 radical (unpaired) electrons. The van der Waals surface area contributed by atoms with E-state index in [0.29, 0.717) is 31.2 Å². The summed E-state index contributed by atoms with van der Waals surface area (Å²) >= 11 is 0. The van der Waals surface area contributed by atoms with Gasteiger partial charge in [-0.15, -0.1) is 0 Å². The molecule has 5 nitrogen and oxygen atoms in total. The van der Waals surface area contributed by atoms with Gasteiger partial charge < -0.3 is 14.2 Å². The van der Waals surface area contributed by atoms with Crippen LogP contribution < -0.4 is 4.74 Å². The molecular formula is C15H16N2O3. The minimum Gasteiger partial charge on any atom is -0.488 e. The molecule has 2 heterocycles. The van der Waals surface area contributed by atoms with E-state index >= 15 is 0 Å². The summed E-state index contributed by atoms with van der Waals surface area (Å²) in [7, 11) is 0. The second-order valence-corrected chi connectivity index (χ2v) is 4.60. The van der Waals surface area contributed by atoms with Crippen molar-refractivity contribution in [1.29, 1.82) is 0 Å². The Morgan fingerprint density at radius 3 is 2.80 bits per heavy atom. The molecule has 0 N–H and O–H groups in total. The number of carbonyl (C=O) groups is 1. The topological polar surface area (TPSA) is 55.6 Å². The van der Waals surface area contributed by atoms with Crippen molar-refractivity contribution in [2.75, 3.05) is 13.1 Å². The third kappa shape index (κ3) is 1.86. The minimum atomic E-state index is -0.108. The van der Waals surface area contributed by atoms with Crippen molar-refractivity contribution in [3.63, 3.8) is 0 Å². The molecule has 0 saturated heterocycles. The van der Waals surface area contributed by atoms with Crippen LogP contribution in [-0.2, 0) is 6.61 Å². The molecule has 1 amide bonds. The van der Waals surface area contributed by atoms with Crippen LogP contribution in [0.3, 0.4) is 0 Å². The fourth-order valence-corrected chi connectivity index (χ4v) is 2.41. The van der Waals surface area contributed by atoms with Gasteiger partial charge in [-0.2, -0.15) is 0 Å². The number of aromatic nitrogens is 1. The summed E-state index contributed by atoms with van der Waals surface area (Å²) < 4.78 is 11.1. The van der Waals surface area contributed by atoms with Crippen molar-refractivity contribution in [1.82, 2.24) is 10.1 Å². The molecule has 1 aliphatic heterocycles. The van der Waals surface area contributed by atoms with Crippen LogP contribution in [0.5, 0.6) is 5.75 Å². The molecule has 3 rings (SSSR count). The molecule has 0 spiro atoms. The molecule has 0 aliphatic carbocycles. The molecule has 0 bridgehead atoms. The first-order valence-corrected chi connectivity index (χ1v) is 6.76. The van der Waals surface area contributed by atoms with Crippen molar-refractivity contribution < 1.29 is 14.1 Å². The molecule has 0 fully saturated rings. The van der Waals surface area contributed by atoms with Gasteiger partial charge in [-0.25, -0.2) is 0 Å². The van der Waals surface area contributed by atoms with E-state index in [0.717, 1.165) is 16.9 Å². The maximum atomic E-state index is 12.4. The first-order chi connectivity index (χ1) is 9.76. The van der Waals surface area contributed by atoms with Crippen molar-refractivity contribution in [3.8, 4) is 17.1 Å². The number of rotatable bonds is 3. The van der Waals surface area contributed by atoms with Crippen LogP contribution in [0.1, 0.15) is 29.9 Å². The average Bonchev–Trinajstić information content (AvgIpc) is 2.92. The Balaban J connectivity index is 2.03. The summed E-state index contributed by atoms with van der Waals surface area (Å²) in [5, 5.41) is 3.97. The smallest absolute Gasteiger partial charge is 0.276 e. The predicted octanol–water partition coefficient (Wildman–Crippen LogP) is 2.72. The van der Waals surface area contributed by atoms with Crippen LogP contribution in [-0.4, -0.2) is 29.1 Å². The number of hydrogen-bond acceptors (Lipinski definition) is 4. The van der Waals surface area contributed by atoms with Gasteiger partial charge in [0.15, 0.2) is 11.5 Å². The van der Waals surface area contributed by atoms with Crippen LogP contribution >= 0.6 is 0 Å². The Kier molecular flexibility index (Phi) is 3.18. The first-order valence-electron chi connectivity index (χ1n) is 6.76. The molecule has 20 heavy (non-hydrogen) atoms. The molecule has 1 aromatic carbocycles. The lowest BCUT2D eigenvalue weighted by atomic mass is 10.0. The summed E-state index contributed by atoms with van der Waals surface area (Å²) in [4.78, 5) is 14.1. The standard InChI is InChI=1S/C15H16N2O3/c1-3-17(4-2)15(18)13-11-9-19-12-8-6-5-7-10(12)14(11)20-16-13/h5-8H,3-4,9H2,1-2H3. The number of amides is 1. The molecule has 5 heteroatoms. The van der Waals surface area contributed by atoms with Crippen molar-refractivity contribution in [2.24, 2.45) is 0 Å². The van der Waals surface area contributed by atoms with E-state index in [4.69, 9.17) is 9.26 Å². The molecule has 0 saturated carbocycles. The van der Waals surface area contributed by atoms with Crippen LogP contribution in [0.25, 0.3) is 11.3 Å². The molecular weight excluding hydrogens is 256 g/mol. The highest BCUT2D eigenvalue weighted by Gasteiger charge is 2.30. The Labute approximate surface area is 117 Å². The summed E-state index contributed by atoms with van der Waals surface area (Å²) in [5.41, 5.74) is 1.94. The van der Waals surface area contributed by atoms with Gasteiger partial charge in [0, 0.05) is 13.1 Å². The average molecular weight is 272 g/mol. The van der Waals surface area contributed by atoms with Gasteiger partial charge in [0.1, 0.15) is 12.4 Å². The Hall–Kier alpha value is -2.30. The van der Waals surface area contributed by atoms with E-state index in [1.54, 1.807) is 4.90 Å².